The molecule has 2 aliphatic heterocycles. The average molecular weight is 276 g/mol. The lowest BCUT2D eigenvalue weighted by molar-refractivity contribution is -0.154. The first-order valence-electron chi connectivity index (χ1n) is 6.22. The van der Waals surface area contributed by atoms with Crippen LogP contribution in [-0.2, 0) is 19.6 Å². The van der Waals surface area contributed by atoms with Crippen molar-refractivity contribution in [2.24, 2.45) is 0 Å². The number of ether oxygens (including phenoxy) is 1. The van der Waals surface area contributed by atoms with Gasteiger partial charge < -0.3 is 4.74 Å². The second kappa shape index (κ2) is 5.14. The molecule has 104 valence electrons. The van der Waals surface area contributed by atoms with Crippen LogP contribution >= 0.6 is 0 Å². The average Bonchev–Trinajstić information content (AvgIpc) is 2.27. The molecule has 0 saturated carbocycles. The molecule has 7 heteroatoms. The van der Waals surface area contributed by atoms with Gasteiger partial charge in [-0.1, -0.05) is 0 Å². The third-order valence-electron chi connectivity index (χ3n) is 3.90. The molecule has 6 nitrogen and oxygen atoms in total. The Morgan fingerprint density at radius 1 is 1.17 bits per heavy atom. The Labute approximate surface area is 108 Å². The van der Waals surface area contributed by atoms with Crippen molar-refractivity contribution < 1.29 is 17.9 Å². The number of rotatable bonds is 3. The number of hydrogen-bond donors (Lipinski definition) is 0. The first-order chi connectivity index (χ1) is 8.43. The minimum absolute atomic E-state index is 0.121. The molecule has 2 heterocycles. The highest BCUT2D eigenvalue weighted by atomic mass is 32.2. The highest BCUT2D eigenvalue weighted by Crippen LogP contribution is 2.28. The predicted molar refractivity (Wildman–Crippen MR) is 66.6 cm³/mol. The van der Waals surface area contributed by atoms with Crippen LogP contribution in [0.3, 0.4) is 0 Å². The molecule has 2 rings (SSSR count). The van der Waals surface area contributed by atoms with E-state index in [4.69, 9.17) is 4.74 Å². The lowest BCUT2D eigenvalue weighted by Gasteiger charge is -2.46. The van der Waals surface area contributed by atoms with Gasteiger partial charge >= 0.3 is 5.97 Å². The topological polar surface area (TPSA) is 66.9 Å². The fraction of sp³-hybridized carbons (Fsp3) is 0.909. The molecular weight excluding hydrogens is 256 g/mol. The van der Waals surface area contributed by atoms with Crippen LogP contribution in [0.1, 0.15) is 19.3 Å². The fourth-order valence-corrected chi connectivity index (χ4v) is 3.61. The second-order valence-corrected chi connectivity index (χ2v) is 6.94. The van der Waals surface area contributed by atoms with Crippen molar-refractivity contribution in [2.75, 3.05) is 33.0 Å². The van der Waals surface area contributed by atoms with E-state index in [1.54, 1.807) is 0 Å². The molecule has 2 saturated heterocycles. The van der Waals surface area contributed by atoms with Crippen molar-refractivity contribution in [2.45, 2.75) is 31.3 Å². The molecule has 0 aliphatic carbocycles. The van der Waals surface area contributed by atoms with Crippen molar-refractivity contribution in [3.8, 4) is 0 Å². The quantitative estimate of drug-likeness (QED) is 0.660. The van der Waals surface area contributed by atoms with Gasteiger partial charge in [-0.25, -0.2) is 12.7 Å². The normalized spacial score (nSPS) is 27.8. The molecule has 2 aliphatic rings. The first kappa shape index (κ1) is 13.8. The summed E-state index contributed by atoms with van der Waals surface area (Å²) in [6.45, 7) is 2.01. The molecule has 0 radical (unpaired) electrons. The highest BCUT2D eigenvalue weighted by Gasteiger charge is 2.40. The van der Waals surface area contributed by atoms with Gasteiger partial charge in [0.15, 0.2) is 0 Å². The van der Waals surface area contributed by atoms with Gasteiger partial charge in [0, 0.05) is 25.7 Å². The zero-order valence-corrected chi connectivity index (χ0v) is 11.6. The number of methoxy groups -OCH3 is 1. The molecule has 2 fully saturated rings. The van der Waals surface area contributed by atoms with Gasteiger partial charge in [-0.3, -0.25) is 9.69 Å². The summed E-state index contributed by atoms with van der Waals surface area (Å²) >= 11 is 0. The van der Waals surface area contributed by atoms with Crippen LogP contribution in [0, 0.1) is 0 Å². The zero-order valence-electron chi connectivity index (χ0n) is 10.8. The highest BCUT2D eigenvalue weighted by molar-refractivity contribution is 7.88. The van der Waals surface area contributed by atoms with Crippen LogP contribution < -0.4 is 0 Å². The van der Waals surface area contributed by atoms with E-state index in [1.807, 2.05) is 0 Å². The lowest BCUT2D eigenvalue weighted by atomic mass is 9.95. The Morgan fingerprint density at radius 2 is 1.78 bits per heavy atom. The maximum absolute atomic E-state index is 11.5. The molecule has 0 N–H and O–H groups in total. The summed E-state index contributed by atoms with van der Waals surface area (Å²) in [6, 6.07) is 0.186. The molecule has 0 amide bonds. The Kier molecular flexibility index (Phi) is 3.93. The Morgan fingerprint density at radius 3 is 2.17 bits per heavy atom. The van der Waals surface area contributed by atoms with Crippen molar-refractivity contribution in [1.82, 2.24) is 9.21 Å². The van der Waals surface area contributed by atoms with E-state index in [9.17, 15) is 13.2 Å². The number of sulfonamides is 1. The van der Waals surface area contributed by atoms with E-state index >= 15 is 0 Å². The molecule has 0 aromatic heterocycles. The molecule has 0 bridgehead atoms. The minimum atomic E-state index is -3.08. The molecule has 1 atom stereocenters. The minimum Gasteiger partial charge on any atom is -0.468 e. The lowest BCUT2D eigenvalue weighted by Crippen LogP contribution is -2.59. The molecule has 1 unspecified atom stereocenters. The predicted octanol–water partition coefficient (Wildman–Crippen LogP) is -0.342. The Bertz CT molecular complexity index is 415. The van der Waals surface area contributed by atoms with Crippen LogP contribution in [0.25, 0.3) is 0 Å². The number of carbonyl (C=O) groups excluding carboxylic acids is 1. The van der Waals surface area contributed by atoms with Gasteiger partial charge in [-0.05, 0) is 19.3 Å². The number of likely N-dealkylation sites (tertiary alicyclic amines) is 1. The largest absolute Gasteiger partial charge is 0.468 e. The Hall–Kier alpha value is -0.660. The molecule has 0 spiro atoms. The number of nitrogens with zero attached hydrogens (tertiary/aromatic N) is 2. The molecule has 0 aromatic rings. The van der Waals surface area contributed by atoms with Gasteiger partial charge in [0.1, 0.15) is 6.04 Å². The van der Waals surface area contributed by atoms with E-state index in [2.05, 4.69) is 4.90 Å². The summed E-state index contributed by atoms with van der Waals surface area (Å²) in [5.74, 6) is -0.174. The second-order valence-electron chi connectivity index (χ2n) is 4.96. The van der Waals surface area contributed by atoms with Gasteiger partial charge in [-0.2, -0.15) is 0 Å². The number of esters is 1. The monoisotopic (exact) mass is 276 g/mol. The fourth-order valence-electron chi connectivity index (χ4n) is 2.74. The molecular formula is C11H20N2O4S. The van der Waals surface area contributed by atoms with Crippen molar-refractivity contribution in [3.63, 3.8) is 0 Å². The van der Waals surface area contributed by atoms with Crippen LogP contribution in [0.4, 0.5) is 0 Å². The van der Waals surface area contributed by atoms with Gasteiger partial charge in [-0.15, -0.1) is 0 Å². The third-order valence-corrected chi connectivity index (χ3v) is 5.20. The van der Waals surface area contributed by atoms with Crippen LogP contribution in [0.5, 0.6) is 0 Å². The summed E-state index contributed by atoms with van der Waals surface area (Å²) in [5, 5.41) is 0. The third kappa shape index (κ3) is 2.67. The standard InChI is InChI=1S/C11H20N2O4S/c1-17-11(14)10-5-8-13(10)9-3-6-12(7-4-9)18(2,15)16/h9-10H,3-8H2,1-2H3. The van der Waals surface area contributed by atoms with Gasteiger partial charge in [0.2, 0.25) is 10.0 Å². The Balaban J connectivity index is 1.89. The SMILES string of the molecule is COC(=O)C1CCN1C1CCN(S(C)(=O)=O)CC1. The number of hydrogen-bond acceptors (Lipinski definition) is 5. The van der Waals surface area contributed by atoms with E-state index in [-0.39, 0.29) is 12.0 Å². The van der Waals surface area contributed by atoms with Crippen molar-refractivity contribution in [3.05, 3.63) is 0 Å². The van der Waals surface area contributed by atoms with Crippen LogP contribution in [-0.4, -0.2) is 68.7 Å². The maximum atomic E-state index is 11.5. The van der Waals surface area contributed by atoms with Crippen LogP contribution in [0.15, 0.2) is 0 Å². The van der Waals surface area contributed by atoms with Crippen LogP contribution in [0.2, 0.25) is 0 Å². The number of piperidine rings is 1. The summed E-state index contributed by atoms with van der Waals surface area (Å²) in [6.07, 6.45) is 3.67. The number of carbonyl (C=O) groups is 1. The van der Waals surface area contributed by atoms with E-state index in [1.165, 1.54) is 17.7 Å². The maximum Gasteiger partial charge on any atom is 0.323 e. The summed E-state index contributed by atoms with van der Waals surface area (Å²) in [5.41, 5.74) is 0. The molecule has 0 aromatic carbocycles. The van der Waals surface area contributed by atoms with E-state index < -0.39 is 10.0 Å². The smallest absolute Gasteiger partial charge is 0.323 e. The first-order valence-corrected chi connectivity index (χ1v) is 8.07. The van der Waals surface area contributed by atoms with Gasteiger partial charge in [0.25, 0.3) is 0 Å². The summed E-state index contributed by atoms with van der Waals surface area (Å²) in [7, 11) is -1.67. The summed E-state index contributed by atoms with van der Waals surface area (Å²) < 4.78 is 29.1. The van der Waals surface area contributed by atoms with Gasteiger partial charge in [0.05, 0.1) is 13.4 Å². The molecule has 18 heavy (non-hydrogen) atoms. The zero-order chi connectivity index (χ0) is 13.3. The van der Waals surface area contributed by atoms with Crippen molar-refractivity contribution in [1.29, 1.82) is 0 Å². The summed E-state index contributed by atoms with van der Waals surface area (Å²) in [4.78, 5) is 13.6. The van der Waals surface area contributed by atoms with Crippen molar-refractivity contribution >= 4 is 16.0 Å². The van der Waals surface area contributed by atoms with E-state index in [0.29, 0.717) is 19.1 Å². The van der Waals surface area contributed by atoms with E-state index in [0.717, 1.165) is 25.8 Å².